The third-order valence-corrected chi connectivity index (χ3v) is 7.63. The number of nitrogens with one attached hydrogen (secondary N) is 1. The number of ether oxygens (including phenoxy) is 1. The van der Waals surface area contributed by atoms with Gasteiger partial charge in [-0.15, -0.1) is 0 Å². The zero-order valence-corrected chi connectivity index (χ0v) is 21.7. The Hall–Kier alpha value is -3.55. The van der Waals surface area contributed by atoms with Crippen LogP contribution < -0.4 is 10.1 Å². The topological polar surface area (TPSA) is 89.6 Å². The monoisotopic (exact) mass is 504 g/mol. The molecule has 1 fully saturated rings. The van der Waals surface area contributed by atoms with Crippen molar-refractivity contribution in [1.82, 2.24) is 20.0 Å². The molecule has 0 saturated carbocycles. The Morgan fingerprint density at radius 1 is 1.14 bits per heavy atom. The second-order valence-corrected chi connectivity index (χ2v) is 10.6. The molecule has 2 aromatic heterocycles. The van der Waals surface area contributed by atoms with Gasteiger partial charge in [0.05, 0.1) is 24.2 Å². The number of piperidine rings is 1. The number of hydrogen-bond acceptors (Lipinski definition) is 5. The lowest BCUT2D eigenvalue weighted by atomic mass is 9.73. The van der Waals surface area contributed by atoms with Crippen LogP contribution in [0.4, 0.5) is 0 Å². The van der Waals surface area contributed by atoms with Gasteiger partial charge in [-0.05, 0) is 75.3 Å². The largest absolute Gasteiger partial charge is 0.491 e. The summed E-state index contributed by atoms with van der Waals surface area (Å²) in [6.45, 7) is 5.96. The zero-order chi connectivity index (χ0) is 25.8. The second-order valence-electron chi connectivity index (χ2n) is 10.6. The Labute approximate surface area is 218 Å². The van der Waals surface area contributed by atoms with Crippen LogP contribution in [-0.4, -0.2) is 52.2 Å². The van der Waals surface area contributed by atoms with Gasteiger partial charge in [0.15, 0.2) is 5.76 Å². The maximum atomic E-state index is 13.5. The summed E-state index contributed by atoms with van der Waals surface area (Å²) in [7, 11) is 0. The van der Waals surface area contributed by atoms with Crippen molar-refractivity contribution in [3.05, 3.63) is 71.4 Å². The van der Waals surface area contributed by atoms with Gasteiger partial charge in [-0.3, -0.25) is 14.3 Å². The highest BCUT2D eigenvalue weighted by atomic mass is 16.5. The molecule has 5 rings (SSSR count). The number of aromatic nitrogens is 2. The van der Waals surface area contributed by atoms with E-state index >= 15 is 0 Å². The van der Waals surface area contributed by atoms with E-state index in [0.717, 1.165) is 37.0 Å². The molecule has 8 nitrogen and oxygen atoms in total. The minimum atomic E-state index is -0.462. The highest BCUT2D eigenvalue weighted by molar-refractivity contribution is 5.92. The molecule has 8 heteroatoms. The van der Waals surface area contributed by atoms with Crippen molar-refractivity contribution in [2.75, 3.05) is 19.7 Å². The van der Waals surface area contributed by atoms with E-state index in [0.29, 0.717) is 50.6 Å². The quantitative estimate of drug-likeness (QED) is 0.572. The van der Waals surface area contributed by atoms with Crippen LogP contribution in [0.2, 0.25) is 0 Å². The lowest BCUT2D eigenvalue weighted by molar-refractivity contribution is -0.135. The van der Waals surface area contributed by atoms with Crippen LogP contribution in [0, 0.1) is 12.3 Å². The summed E-state index contributed by atoms with van der Waals surface area (Å²) in [4.78, 5) is 28.5. The molecular weight excluding hydrogens is 468 g/mol. The van der Waals surface area contributed by atoms with Crippen molar-refractivity contribution >= 4 is 11.8 Å². The molecule has 1 atom stereocenters. The standard InChI is InChI=1S/C29H36N4O4/c1-21-17-30-33(18-21)19-24-10-11-26(37-24)27(34)32-15-13-29(14-16-32)12-6-5-8-23-7-3-4-9-25(23)36-20-22(2)31-28(29)35/h3-4,7,9-11,17-18,22H,5-6,8,12-16,19-20H2,1-2H3,(H,31,35)/t22-/m0/s1. The number of nitrogens with zero attached hydrogens (tertiary/aromatic N) is 3. The molecule has 4 heterocycles. The first-order valence-electron chi connectivity index (χ1n) is 13.3. The van der Waals surface area contributed by atoms with Crippen LogP contribution in [0.15, 0.2) is 53.2 Å². The summed E-state index contributed by atoms with van der Waals surface area (Å²) in [5, 5.41) is 7.48. The molecule has 0 aliphatic carbocycles. The Morgan fingerprint density at radius 2 is 1.95 bits per heavy atom. The van der Waals surface area contributed by atoms with Crippen LogP contribution in [-0.2, 0) is 17.8 Å². The van der Waals surface area contributed by atoms with Crippen molar-refractivity contribution in [3.8, 4) is 5.75 Å². The van der Waals surface area contributed by atoms with Gasteiger partial charge in [0.25, 0.3) is 5.91 Å². The third kappa shape index (κ3) is 5.73. The lowest BCUT2D eigenvalue weighted by Gasteiger charge is -2.41. The second kappa shape index (κ2) is 10.8. The molecule has 196 valence electrons. The van der Waals surface area contributed by atoms with Crippen molar-refractivity contribution in [3.63, 3.8) is 0 Å². The van der Waals surface area contributed by atoms with E-state index in [4.69, 9.17) is 9.15 Å². The maximum absolute atomic E-state index is 13.5. The van der Waals surface area contributed by atoms with E-state index in [1.165, 1.54) is 5.56 Å². The number of furan rings is 1. The average Bonchev–Trinajstić information content (AvgIpc) is 3.54. The van der Waals surface area contributed by atoms with Crippen molar-refractivity contribution in [1.29, 1.82) is 0 Å². The Bertz CT molecular complexity index is 1240. The smallest absolute Gasteiger partial charge is 0.289 e. The van der Waals surface area contributed by atoms with Crippen molar-refractivity contribution in [2.45, 2.75) is 65.0 Å². The number of carbonyl (C=O) groups is 2. The molecule has 0 bridgehead atoms. The zero-order valence-electron chi connectivity index (χ0n) is 21.7. The van der Waals surface area contributed by atoms with Gasteiger partial charge in [-0.2, -0.15) is 5.10 Å². The summed E-state index contributed by atoms with van der Waals surface area (Å²) in [5.74, 6) is 1.90. The maximum Gasteiger partial charge on any atom is 0.289 e. The number of hydrogen-bond donors (Lipinski definition) is 1. The Morgan fingerprint density at radius 3 is 2.73 bits per heavy atom. The molecule has 2 aliphatic heterocycles. The molecular formula is C29H36N4O4. The number of carbonyl (C=O) groups excluding carboxylic acids is 2. The third-order valence-electron chi connectivity index (χ3n) is 7.63. The van der Waals surface area contributed by atoms with E-state index in [1.54, 1.807) is 16.9 Å². The summed E-state index contributed by atoms with van der Waals surface area (Å²) in [6.07, 6.45) is 8.75. The normalized spacial score (nSPS) is 20.3. The molecule has 1 spiro atoms. The first kappa shape index (κ1) is 25.1. The van der Waals surface area contributed by atoms with Crippen molar-refractivity contribution in [2.24, 2.45) is 5.41 Å². The van der Waals surface area contributed by atoms with Crippen LogP contribution in [0.5, 0.6) is 5.75 Å². The fraction of sp³-hybridized carbons (Fsp3) is 0.483. The molecule has 0 radical (unpaired) electrons. The predicted octanol–water partition coefficient (Wildman–Crippen LogP) is 4.37. The van der Waals surface area contributed by atoms with Gasteiger partial charge >= 0.3 is 0 Å². The molecule has 37 heavy (non-hydrogen) atoms. The molecule has 1 aromatic carbocycles. The minimum absolute atomic E-state index is 0.0827. The molecule has 2 amide bonds. The Balaban J connectivity index is 1.22. The molecule has 1 N–H and O–H groups in total. The number of benzene rings is 1. The van der Waals surface area contributed by atoms with Gasteiger partial charge in [0, 0.05) is 19.3 Å². The first-order chi connectivity index (χ1) is 17.9. The fourth-order valence-electron chi connectivity index (χ4n) is 5.44. The average molecular weight is 505 g/mol. The SMILES string of the molecule is Cc1cnn(Cc2ccc(C(=O)N3CCC4(CCCCc5ccccc5OC[C@H](C)NC4=O)CC3)o2)c1. The lowest BCUT2D eigenvalue weighted by Crippen LogP contribution is -2.52. The number of aryl methyl sites for hydroxylation is 2. The highest BCUT2D eigenvalue weighted by Gasteiger charge is 2.42. The van der Waals surface area contributed by atoms with Gasteiger partial charge in [0.1, 0.15) is 18.1 Å². The Kier molecular flexibility index (Phi) is 7.35. The number of fused-ring (bicyclic) bond motifs is 1. The molecule has 2 aliphatic rings. The minimum Gasteiger partial charge on any atom is -0.491 e. The van der Waals surface area contributed by atoms with Crippen LogP contribution >= 0.6 is 0 Å². The van der Waals surface area contributed by atoms with E-state index < -0.39 is 5.41 Å². The van der Waals surface area contributed by atoms with Crippen LogP contribution in [0.25, 0.3) is 0 Å². The molecule has 1 saturated heterocycles. The highest BCUT2D eigenvalue weighted by Crippen LogP contribution is 2.38. The fourth-order valence-corrected chi connectivity index (χ4v) is 5.44. The number of likely N-dealkylation sites (tertiary alicyclic amines) is 1. The van der Waals surface area contributed by atoms with Crippen LogP contribution in [0.3, 0.4) is 0 Å². The summed E-state index contributed by atoms with van der Waals surface area (Å²) in [6, 6.07) is 11.6. The number of rotatable bonds is 3. The predicted molar refractivity (Wildman–Crippen MR) is 139 cm³/mol. The van der Waals surface area contributed by atoms with E-state index in [1.807, 2.05) is 49.2 Å². The number of para-hydroxylation sites is 1. The van der Waals surface area contributed by atoms with Crippen molar-refractivity contribution < 1.29 is 18.7 Å². The van der Waals surface area contributed by atoms with Gasteiger partial charge in [-0.1, -0.05) is 24.6 Å². The summed E-state index contributed by atoms with van der Waals surface area (Å²) < 4.78 is 13.7. The summed E-state index contributed by atoms with van der Waals surface area (Å²) >= 11 is 0. The van der Waals surface area contributed by atoms with Gasteiger partial charge in [0.2, 0.25) is 5.91 Å². The van der Waals surface area contributed by atoms with Crippen LogP contribution in [0.1, 0.15) is 66.5 Å². The van der Waals surface area contributed by atoms with E-state index in [-0.39, 0.29) is 17.9 Å². The molecule has 0 unspecified atom stereocenters. The van der Waals surface area contributed by atoms with Gasteiger partial charge in [-0.25, -0.2) is 0 Å². The first-order valence-corrected chi connectivity index (χ1v) is 13.3. The van der Waals surface area contributed by atoms with E-state index in [2.05, 4.69) is 16.5 Å². The van der Waals surface area contributed by atoms with E-state index in [9.17, 15) is 9.59 Å². The summed E-state index contributed by atoms with van der Waals surface area (Å²) in [5.41, 5.74) is 1.83. The number of amides is 2. The van der Waals surface area contributed by atoms with Gasteiger partial charge < -0.3 is 19.4 Å². The molecule has 3 aromatic rings.